The lowest BCUT2D eigenvalue weighted by Gasteiger charge is -2.44. The van der Waals surface area contributed by atoms with Gasteiger partial charge in [-0.25, -0.2) is 0 Å². The summed E-state index contributed by atoms with van der Waals surface area (Å²) in [5.74, 6) is 1.08. The normalized spacial score (nSPS) is 24.2. The van der Waals surface area contributed by atoms with Gasteiger partial charge in [-0.3, -0.25) is 0 Å². The van der Waals surface area contributed by atoms with Crippen LogP contribution in [0.3, 0.4) is 0 Å². The predicted octanol–water partition coefficient (Wildman–Crippen LogP) is 5.18. The molecule has 0 saturated heterocycles. The van der Waals surface area contributed by atoms with Crippen LogP contribution in [0.5, 0.6) is 11.5 Å². The van der Waals surface area contributed by atoms with Gasteiger partial charge in [-0.05, 0) is 42.8 Å². The molecule has 0 bridgehead atoms. The lowest BCUT2D eigenvalue weighted by Crippen LogP contribution is -2.57. The Hall–Kier alpha value is -3.08. The lowest BCUT2D eigenvalue weighted by molar-refractivity contribution is 0.0570. The van der Waals surface area contributed by atoms with Gasteiger partial charge in [-0.15, -0.1) is 4.91 Å². The highest BCUT2D eigenvalue weighted by Crippen LogP contribution is 2.54. The zero-order valence-electron chi connectivity index (χ0n) is 15.9. The molecule has 2 aromatic carbocycles. The van der Waals surface area contributed by atoms with Gasteiger partial charge in [-0.1, -0.05) is 36.4 Å². The summed E-state index contributed by atoms with van der Waals surface area (Å²) in [4.78, 5) is 13.2. The highest BCUT2D eigenvalue weighted by molar-refractivity contribution is 5.72. The van der Waals surface area contributed by atoms with Crippen molar-refractivity contribution in [2.75, 3.05) is 19.1 Å². The number of fused-ring (bicyclic) bond motifs is 2. The van der Waals surface area contributed by atoms with Crippen LogP contribution in [0.4, 0.5) is 11.4 Å². The number of methoxy groups -OCH3 is 1. The number of hydrogen-bond acceptors (Lipinski definition) is 5. The van der Waals surface area contributed by atoms with E-state index in [9.17, 15) is 4.91 Å². The van der Waals surface area contributed by atoms with Crippen LogP contribution in [0.25, 0.3) is 6.08 Å². The van der Waals surface area contributed by atoms with Crippen molar-refractivity contribution in [3.8, 4) is 11.5 Å². The molecule has 0 fully saturated rings. The van der Waals surface area contributed by atoms with Gasteiger partial charge in [0.05, 0.1) is 12.5 Å². The summed E-state index contributed by atoms with van der Waals surface area (Å²) in [5, 5.41) is 3.06. The van der Waals surface area contributed by atoms with E-state index in [1.165, 1.54) is 5.56 Å². The Kier molecular flexibility index (Phi) is 3.84. The van der Waals surface area contributed by atoms with Crippen molar-refractivity contribution >= 4 is 17.5 Å². The summed E-state index contributed by atoms with van der Waals surface area (Å²) in [5.41, 5.74) is 2.33. The van der Waals surface area contributed by atoms with Crippen LogP contribution in [0.2, 0.25) is 0 Å². The number of hydrogen-bond donors (Lipinski definition) is 0. The number of nitroso groups, excluding NO2 is 1. The zero-order chi connectivity index (χ0) is 19.2. The van der Waals surface area contributed by atoms with Gasteiger partial charge in [0, 0.05) is 24.4 Å². The molecule has 5 heteroatoms. The van der Waals surface area contributed by atoms with Crippen LogP contribution in [-0.2, 0) is 5.41 Å². The second-order valence-electron chi connectivity index (χ2n) is 7.38. The molecule has 0 aliphatic carbocycles. The average Bonchev–Trinajstić information content (AvgIpc) is 2.83. The Morgan fingerprint density at radius 1 is 1.15 bits per heavy atom. The first-order valence-corrected chi connectivity index (χ1v) is 8.88. The van der Waals surface area contributed by atoms with Crippen molar-refractivity contribution in [1.29, 1.82) is 0 Å². The van der Waals surface area contributed by atoms with Crippen molar-refractivity contribution in [2.24, 2.45) is 5.18 Å². The van der Waals surface area contributed by atoms with Crippen LogP contribution in [0.1, 0.15) is 25.0 Å². The van der Waals surface area contributed by atoms with E-state index in [-0.39, 0.29) is 5.41 Å². The molecule has 2 aliphatic rings. The van der Waals surface area contributed by atoms with Crippen LogP contribution >= 0.6 is 0 Å². The van der Waals surface area contributed by atoms with Crippen molar-refractivity contribution < 1.29 is 9.47 Å². The van der Waals surface area contributed by atoms with Crippen LogP contribution in [0, 0.1) is 4.91 Å². The molecular formula is C22H22N2O3. The van der Waals surface area contributed by atoms with E-state index in [4.69, 9.17) is 9.47 Å². The molecule has 0 amide bonds. The molecule has 2 aromatic rings. The summed E-state index contributed by atoms with van der Waals surface area (Å²) < 4.78 is 12.3. The molecule has 0 radical (unpaired) electrons. The second kappa shape index (κ2) is 5.98. The Labute approximate surface area is 158 Å². The minimum absolute atomic E-state index is 0.305. The molecule has 0 saturated carbocycles. The Bertz CT molecular complexity index is 978. The Balaban J connectivity index is 1.96. The van der Waals surface area contributed by atoms with Gasteiger partial charge < -0.3 is 14.4 Å². The third-order valence-corrected chi connectivity index (χ3v) is 5.69. The first-order valence-electron chi connectivity index (χ1n) is 8.88. The predicted molar refractivity (Wildman–Crippen MR) is 108 cm³/mol. The standard InChI is InChI=1S/C22H22N2O3/c1-21(2)17-10-5-6-11-18(17)24(3)22(21)12-8-7-9-15-13-16(23-25)14-19(26-4)20(15)27-22/h5-14H,1-4H3/b9-7-,12-8-. The van der Waals surface area contributed by atoms with Crippen molar-refractivity contribution in [3.05, 3.63) is 70.7 Å². The largest absolute Gasteiger partial charge is 0.493 e. The first kappa shape index (κ1) is 17.3. The molecular weight excluding hydrogens is 340 g/mol. The summed E-state index contributed by atoms with van der Waals surface area (Å²) in [6.07, 6.45) is 7.91. The molecule has 4 rings (SSSR count). The monoisotopic (exact) mass is 362 g/mol. The van der Waals surface area contributed by atoms with Gasteiger partial charge in [0.15, 0.2) is 11.5 Å². The number of ether oxygens (including phenoxy) is 2. The van der Waals surface area contributed by atoms with Crippen LogP contribution in [-0.4, -0.2) is 19.9 Å². The van der Waals surface area contributed by atoms with Gasteiger partial charge in [0.25, 0.3) is 0 Å². The highest BCUT2D eigenvalue weighted by Gasteiger charge is 2.57. The number of para-hydroxylation sites is 1. The lowest BCUT2D eigenvalue weighted by atomic mass is 9.77. The number of likely N-dealkylation sites (N-methyl/N-ethyl adjacent to an activating group) is 1. The maximum Gasteiger partial charge on any atom is 0.212 e. The van der Waals surface area contributed by atoms with E-state index in [0.29, 0.717) is 17.2 Å². The van der Waals surface area contributed by atoms with E-state index in [0.717, 1.165) is 11.3 Å². The number of rotatable bonds is 2. The molecule has 138 valence electrons. The van der Waals surface area contributed by atoms with Gasteiger partial charge >= 0.3 is 0 Å². The van der Waals surface area contributed by atoms with Crippen LogP contribution in [0.15, 0.2) is 59.8 Å². The summed E-state index contributed by atoms with van der Waals surface area (Å²) >= 11 is 0. The van der Waals surface area contributed by atoms with Crippen molar-refractivity contribution in [2.45, 2.75) is 25.0 Å². The highest BCUT2D eigenvalue weighted by atomic mass is 16.5. The SMILES string of the molecule is COc1cc(N=O)cc2c1OC1(/C=C\C=C/2)N(C)c2ccccc2C1(C)C. The van der Waals surface area contributed by atoms with E-state index in [1.807, 2.05) is 31.3 Å². The third kappa shape index (κ3) is 2.31. The number of anilines is 1. The zero-order valence-corrected chi connectivity index (χ0v) is 15.9. The minimum Gasteiger partial charge on any atom is -0.493 e. The molecule has 5 nitrogen and oxygen atoms in total. The fourth-order valence-electron chi connectivity index (χ4n) is 4.18. The minimum atomic E-state index is -0.750. The maximum atomic E-state index is 11.1. The molecule has 0 aromatic heterocycles. The summed E-state index contributed by atoms with van der Waals surface area (Å²) in [6, 6.07) is 11.7. The number of nitrogens with zero attached hydrogens (tertiary/aromatic N) is 2. The van der Waals surface area contributed by atoms with Gasteiger partial charge in [0.2, 0.25) is 5.72 Å². The summed E-state index contributed by atoms with van der Waals surface area (Å²) in [7, 11) is 3.60. The first-order chi connectivity index (χ1) is 12.9. The molecule has 0 N–H and O–H groups in total. The van der Waals surface area contributed by atoms with E-state index in [2.05, 4.69) is 48.2 Å². The molecule has 27 heavy (non-hydrogen) atoms. The van der Waals surface area contributed by atoms with Crippen molar-refractivity contribution in [3.63, 3.8) is 0 Å². The fourth-order valence-corrected chi connectivity index (χ4v) is 4.18. The Morgan fingerprint density at radius 3 is 2.63 bits per heavy atom. The topological polar surface area (TPSA) is 51.1 Å². The molecule has 1 atom stereocenters. The average molecular weight is 362 g/mol. The molecule has 2 heterocycles. The smallest absolute Gasteiger partial charge is 0.212 e. The quantitative estimate of drug-likeness (QED) is 0.691. The fraction of sp³-hybridized carbons (Fsp3) is 0.273. The molecule has 2 aliphatic heterocycles. The molecule has 1 unspecified atom stereocenters. The maximum absolute atomic E-state index is 11.1. The van der Waals surface area contributed by atoms with Gasteiger partial charge in [-0.2, -0.15) is 0 Å². The Morgan fingerprint density at radius 2 is 1.93 bits per heavy atom. The summed E-state index contributed by atoms with van der Waals surface area (Å²) in [6.45, 7) is 4.36. The van der Waals surface area contributed by atoms with Crippen LogP contribution < -0.4 is 14.4 Å². The van der Waals surface area contributed by atoms with Crippen molar-refractivity contribution in [1.82, 2.24) is 0 Å². The van der Waals surface area contributed by atoms with E-state index < -0.39 is 5.72 Å². The van der Waals surface area contributed by atoms with Gasteiger partial charge in [0.1, 0.15) is 5.69 Å². The number of allylic oxidation sites excluding steroid dienone is 2. The molecule has 1 spiro atoms. The van der Waals surface area contributed by atoms with E-state index >= 15 is 0 Å². The third-order valence-electron chi connectivity index (χ3n) is 5.69. The number of benzene rings is 2. The van der Waals surface area contributed by atoms with E-state index in [1.54, 1.807) is 19.2 Å². The second-order valence-corrected chi connectivity index (χ2v) is 7.38.